The number of nitrogens with one attached hydrogen (secondary N) is 1. The van der Waals surface area contributed by atoms with Crippen molar-refractivity contribution in [3.8, 4) is 0 Å². The third-order valence-electron chi connectivity index (χ3n) is 3.43. The summed E-state index contributed by atoms with van der Waals surface area (Å²) in [5.74, 6) is -0.650. The summed E-state index contributed by atoms with van der Waals surface area (Å²) in [4.78, 5) is 11.4. The predicted octanol–water partition coefficient (Wildman–Crippen LogP) is 2.46. The van der Waals surface area contributed by atoms with E-state index in [0.29, 0.717) is 17.7 Å². The van der Waals surface area contributed by atoms with Crippen molar-refractivity contribution in [1.29, 1.82) is 0 Å². The molecule has 0 aliphatic carbocycles. The van der Waals surface area contributed by atoms with E-state index < -0.39 is 15.9 Å². The second-order valence-corrected chi connectivity index (χ2v) is 6.64. The molecule has 0 fully saturated rings. The highest BCUT2D eigenvalue weighted by molar-refractivity contribution is 7.92. The van der Waals surface area contributed by atoms with E-state index in [2.05, 4.69) is 4.72 Å². The van der Waals surface area contributed by atoms with Crippen LogP contribution in [0.1, 0.15) is 28.4 Å². The smallest absolute Gasteiger partial charge is 0.261 e. The normalized spacial score (nSPS) is 11.2. The number of para-hydroxylation sites is 1. The van der Waals surface area contributed by atoms with Crippen LogP contribution in [-0.2, 0) is 16.4 Å². The summed E-state index contributed by atoms with van der Waals surface area (Å²) in [5, 5.41) is 0. The van der Waals surface area contributed by atoms with Crippen LogP contribution in [0.4, 0.5) is 5.69 Å². The zero-order valence-electron chi connectivity index (χ0n) is 12.5. The molecule has 6 heteroatoms. The van der Waals surface area contributed by atoms with Gasteiger partial charge in [-0.3, -0.25) is 9.52 Å². The lowest BCUT2D eigenvalue weighted by molar-refractivity contribution is 0.0999. The minimum Gasteiger partial charge on any atom is -0.366 e. The van der Waals surface area contributed by atoms with Crippen molar-refractivity contribution in [3.63, 3.8) is 0 Å². The minimum atomic E-state index is -3.78. The molecule has 0 aliphatic heterocycles. The number of rotatable bonds is 5. The molecule has 2 aromatic rings. The highest BCUT2D eigenvalue weighted by Gasteiger charge is 2.18. The SMILES string of the molecule is CCc1ccccc1NS(=O)(=O)c1ccc(C)c(C(N)=O)c1. The molecule has 0 bridgehead atoms. The number of sulfonamides is 1. The van der Waals surface area contributed by atoms with E-state index in [9.17, 15) is 13.2 Å². The summed E-state index contributed by atoms with van der Waals surface area (Å²) in [6.07, 6.45) is 0.707. The number of amides is 1. The highest BCUT2D eigenvalue weighted by Crippen LogP contribution is 2.22. The average Bonchev–Trinajstić information content (AvgIpc) is 2.47. The molecule has 0 unspecified atom stereocenters. The quantitative estimate of drug-likeness (QED) is 0.887. The summed E-state index contributed by atoms with van der Waals surface area (Å²) in [6, 6.07) is 11.5. The van der Waals surface area contributed by atoms with Crippen molar-refractivity contribution in [1.82, 2.24) is 0 Å². The molecular formula is C16H18N2O3S. The van der Waals surface area contributed by atoms with Gasteiger partial charge >= 0.3 is 0 Å². The van der Waals surface area contributed by atoms with Gasteiger partial charge in [0, 0.05) is 5.56 Å². The molecule has 0 spiro atoms. The topological polar surface area (TPSA) is 89.3 Å². The van der Waals surface area contributed by atoms with E-state index >= 15 is 0 Å². The zero-order chi connectivity index (χ0) is 16.3. The number of primary amides is 1. The number of hydrogen-bond acceptors (Lipinski definition) is 3. The van der Waals surface area contributed by atoms with Crippen LogP contribution in [0.25, 0.3) is 0 Å². The van der Waals surface area contributed by atoms with Crippen LogP contribution in [0.15, 0.2) is 47.4 Å². The Morgan fingerprint density at radius 3 is 2.50 bits per heavy atom. The fraction of sp³-hybridized carbons (Fsp3) is 0.188. The third kappa shape index (κ3) is 3.28. The first-order chi connectivity index (χ1) is 10.3. The third-order valence-corrected chi connectivity index (χ3v) is 4.79. The van der Waals surface area contributed by atoms with Gasteiger partial charge < -0.3 is 5.73 Å². The van der Waals surface area contributed by atoms with E-state index in [1.165, 1.54) is 12.1 Å². The van der Waals surface area contributed by atoms with Gasteiger partial charge in [-0.15, -0.1) is 0 Å². The Hall–Kier alpha value is -2.34. The maximum absolute atomic E-state index is 12.5. The second kappa shape index (κ2) is 6.19. The van der Waals surface area contributed by atoms with Crippen molar-refractivity contribution >= 4 is 21.6 Å². The van der Waals surface area contributed by atoms with Gasteiger partial charge in [-0.1, -0.05) is 31.2 Å². The van der Waals surface area contributed by atoms with Gasteiger partial charge in [0.2, 0.25) is 5.91 Å². The molecule has 3 N–H and O–H groups in total. The lowest BCUT2D eigenvalue weighted by Crippen LogP contribution is -2.17. The molecule has 0 saturated carbocycles. The number of benzene rings is 2. The molecule has 2 rings (SSSR count). The Morgan fingerprint density at radius 1 is 1.18 bits per heavy atom. The number of hydrogen-bond donors (Lipinski definition) is 2. The van der Waals surface area contributed by atoms with E-state index in [0.717, 1.165) is 5.56 Å². The molecule has 0 saturated heterocycles. The van der Waals surface area contributed by atoms with Crippen molar-refractivity contribution in [2.24, 2.45) is 5.73 Å². The van der Waals surface area contributed by atoms with Crippen molar-refractivity contribution in [2.45, 2.75) is 25.2 Å². The van der Waals surface area contributed by atoms with Crippen LogP contribution in [0.2, 0.25) is 0 Å². The van der Waals surface area contributed by atoms with Gasteiger partial charge in [-0.05, 0) is 42.7 Å². The average molecular weight is 318 g/mol. The molecule has 116 valence electrons. The first-order valence-electron chi connectivity index (χ1n) is 6.86. The number of carbonyl (C=O) groups is 1. The molecule has 22 heavy (non-hydrogen) atoms. The Morgan fingerprint density at radius 2 is 1.86 bits per heavy atom. The summed E-state index contributed by atoms with van der Waals surface area (Å²) in [7, 11) is -3.78. The Labute approximate surface area is 130 Å². The van der Waals surface area contributed by atoms with E-state index in [1.54, 1.807) is 25.1 Å². The summed E-state index contributed by atoms with van der Waals surface area (Å²) in [5.41, 5.74) is 7.54. The summed E-state index contributed by atoms with van der Waals surface area (Å²) in [6.45, 7) is 3.65. The van der Waals surface area contributed by atoms with Gasteiger partial charge in [-0.25, -0.2) is 8.42 Å². The van der Waals surface area contributed by atoms with E-state index in [4.69, 9.17) is 5.73 Å². The fourth-order valence-corrected chi connectivity index (χ4v) is 3.29. The maximum Gasteiger partial charge on any atom is 0.261 e. The lowest BCUT2D eigenvalue weighted by Gasteiger charge is -2.12. The molecule has 0 atom stereocenters. The van der Waals surface area contributed by atoms with Crippen LogP contribution in [-0.4, -0.2) is 14.3 Å². The Balaban J connectivity index is 2.43. The second-order valence-electron chi connectivity index (χ2n) is 4.96. The first-order valence-corrected chi connectivity index (χ1v) is 8.34. The summed E-state index contributed by atoms with van der Waals surface area (Å²) >= 11 is 0. The number of nitrogens with two attached hydrogens (primary N) is 1. The van der Waals surface area contributed by atoms with Gasteiger partial charge in [0.25, 0.3) is 10.0 Å². The first kappa shape index (κ1) is 16.0. The van der Waals surface area contributed by atoms with Crippen molar-refractivity contribution < 1.29 is 13.2 Å². The molecule has 0 radical (unpaired) electrons. The highest BCUT2D eigenvalue weighted by atomic mass is 32.2. The zero-order valence-corrected chi connectivity index (χ0v) is 13.3. The van der Waals surface area contributed by atoms with Crippen LogP contribution < -0.4 is 10.5 Å². The maximum atomic E-state index is 12.5. The molecule has 1 amide bonds. The monoisotopic (exact) mass is 318 g/mol. The minimum absolute atomic E-state index is 0.0119. The Bertz CT molecular complexity index is 814. The largest absolute Gasteiger partial charge is 0.366 e. The standard InChI is InChI=1S/C16H18N2O3S/c1-3-12-6-4-5-7-15(12)18-22(20,21)13-9-8-11(2)14(10-13)16(17)19/h4-10,18H,3H2,1-2H3,(H2,17,19). The van der Waals surface area contributed by atoms with E-state index in [-0.39, 0.29) is 10.5 Å². The molecule has 0 heterocycles. The van der Waals surface area contributed by atoms with Gasteiger partial charge in [0.1, 0.15) is 0 Å². The van der Waals surface area contributed by atoms with Crippen LogP contribution in [0.3, 0.4) is 0 Å². The Kier molecular flexibility index (Phi) is 4.51. The van der Waals surface area contributed by atoms with Crippen molar-refractivity contribution in [2.75, 3.05) is 4.72 Å². The van der Waals surface area contributed by atoms with Gasteiger partial charge in [-0.2, -0.15) is 0 Å². The molecule has 2 aromatic carbocycles. The fourth-order valence-electron chi connectivity index (χ4n) is 2.17. The van der Waals surface area contributed by atoms with Crippen LogP contribution in [0.5, 0.6) is 0 Å². The van der Waals surface area contributed by atoms with Gasteiger partial charge in [0.05, 0.1) is 10.6 Å². The van der Waals surface area contributed by atoms with Crippen molar-refractivity contribution in [3.05, 3.63) is 59.2 Å². The molecule has 0 aromatic heterocycles. The molecular weight excluding hydrogens is 300 g/mol. The van der Waals surface area contributed by atoms with Crippen LogP contribution in [0, 0.1) is 6.92 Å². The van der Waals surface area contributed by atoms with Crippen LogP contribution >= 0.6 is 0 Å². The van der Waals surface area contributed by atoms with E-state index in [1.807, 2.05) is 19.1 Å². The van der Waals surface area contributed by atoms with Gasteiger partial charge in [0.15, 0.2) is 0 Å². The number of carbonyl (C=O) groups excluding carboxylic acids is 1. The summed E-state index contributed by atoms with van der Waals surface area (Å²) < 4.78 is 27.5. The number of aryl methyl sites for hydroxylation is 2. The molecule has 0 aliphatic rings. The molecule has 5 nitrogen and oxygen atoms in total. The lowest BCUT2D eigenvalue weighted by atomic mass is 10.1. The number of anilines is 1. The predicted molar refractivity (Wildman–Crippen MR) is 86.3 cm³/mol.